The first-order valence-corrected chi connectivity index (χ1v) is 7.03. The van der Waals surface area contributed by atoms with Crippen molar-refractivity contribution in [2.45, 2.75) is 40.5 Å². The van der Waals surface area contributed by atoms with Gasteiger partial charge in [-0.15, -0.1) is 0 Å². The molecule has 110 valence electrons. The van der Waals surface area contributed by atoms with Crippen LogP contribution < -0.4 is 0 Å². The Bertz CT molecular complexity index is 472. The van der Waals surface area contributed by atoms with Crippen LogP contribution in [0.2, 0.25) is 0 Å². The quantitative estimate of drug-likeness (QED) is 0.580. The largest absolute Gasteiger partial charge is 0.465 e. The molecular formula is C17H25NO2. The number of para-hydroxylation sites is 1. The van der Waals surface area contributed by atoms with Crippen molar-refractivity contribution in [2.24, 2.45) is 16.3 Å². The molecule has 0 heterocycles. The Labute approximate surface area is 122 Å². The molecule has 1 aromatic carbocycles. The highest BCUT2D eigenvalue weighted by Gasteiger charge is 2.14. The lowest BCUT2D eigenvalue weighted by Gasteiger charge is -2.22. The highest BCUT2D eigenvalue weighted by molar-refractivity contribution is 5.95. The van der Waals surface area contributed by atoms with Crippen LogP contribution in [0.3, 0.4) is 0 Å². The highest BCUT2D eigenvalue weighted by atomic mass is 16.5. The molecule has 0 aliphatic carbocycles. The molecule has 0 fully saturated rings. The molecule has 0 saturated heterocycles. The average molecular weight is 275 g/mol. The zero-order chi connectivity index (χ0) is 15.2. The van der Waals surface area contributed by atoms with Crippen LogP contribution >= 0.6 is 0 Å². The minimum atomic E-state index is -0.347. The molecule has 0 aliphatic heterocycles. The van der Waals surface area contributed by atoms with Gasteiger partial charge in [0.2, 0.25) is 0 Å². The second-order valence-electron chi connectivity index (χ2n) is 6.43. The Morgan fingerprint density at radius 1 is 1.35 bits per heavy atom. The molecule has 0 aliphatic rings. The maximum atomic E-state index is 11.6. The lowest BCUT2D eigenvalue weighted by atomic mass is 9.84. The number of hydrogen-bond acceptors (Lipinski definition) is 3. The van der Waals surface area contributed by atoms with E-state index in [2.05, 4.69) is 32.7 Å². The molecule has 0 saturated carbocycles. The van der Waals surface area contributed by atoms with Crippen molar-refractivity contribution in [3.05, 3.63) is 29.8 Å². The number of rotatable bonds is 5. The van der Waals surface area contributed by atoms with E-state index in [0.29, 0.717) is 22.6 Å². The number of methoxy groups -OCH3 is 1. The molecule has 0 spiro atoms. The van der Waals surface area contributed by atoms with Gasteiger partial charge < -0.3 is 4.74 Å². The predicted octanol–water partition coefficient (Wildman–Crippen LogP) is 4.64. The van der Waals surface area contributed by atoms with E-state index in [1.807, 2.05) is 24.4 Å². The van der Waals surface area contributed by atoms with Crippen molar-refractivity contribution in [1.82, 2.24) is 0 Å². The van der Waals surface area contributed by atoms with Crippen LogP contribution in [-0.2, 0) is 4.74 Å². The number of nitrogens with zero attached hydrogens (tertiary/aromatic N) is 1. The van der Waals surface area contributed by atoms with E-state index >= 15 is 0 Å². The van der Waals surface area contributed by atoms with E-state index in [4.69, 9.17) is 4.74 Å². The first-order valence-electron chi connectivity index (χ1n) is 7.03. The molecule has 0 N–H and O–H groups in total. The van der Waals surface area contributed by atoms with Crippen LogP contribution in [0.25, 0.3) is 0 Å². The summed E-state index contributed by atoms with van der Waals surface area (Å²) in [4.78, 5) is 16.0. The molecule has 0 aromatic heterocycles. The Hall–Kier alpha value is -1.64. The molecule has 0 bridgehead atoms. The van der Waals surface area contributed by atoms with Crippen molar-refractivity contribution in [1.29, 1.82) is 0 Å². The van der Waals surface area contributed by atoms with Gasteiger partial charge in [0.15, 0.2) is 0 Å². The van der Waals surface area contributed by atoms with Crippen molar-refractivity contribution in [3.63, 3.8) is 0 Å². The summed E-state index contributed by atoms with van der Waals surface area (Å²) in [7, 11) is 1.38. The van der Waals surface area contributed by atoms with Crippen molar-refractivity contribution >= 4 is 17.9 Å². The molecule has 1 aromatic rings. The van der Waals surface area contributed by atoms with Gasteiger partial charge in [-0.2, -0.15) is 0 Å². The van der Waals surface area contributed by atoms with Crippen molar-refractivity contribution in [2.75, 3.05) is 7.11 Å². The Morgan fingerprint density at radius 2 is 2.00 bits per heavy atom. The second-order valence-corrected chi connectivity index (χ2v) is 6.43. The van der Waals surface area contributed by atoms with Crippen LogP contribution in [0, 0.1) is 11.3 Å². The zero-order valence-corrected chi connectivity index (χ0v) is 13.1. The number of carbonyl (C=O) groups excluding carboxylic acids is 1. The maximum Gasteiger partial charge on any atom is 0.340 e. The number of hydrogen-bond donors (Lipinski definition) is 0. The third-order valence-electron chi connectivity index (χ3n) is 3.01. The molecule has 20 heavy (non-hydrogen) atoms. The van der Waals surface area contributed by atoms with Crippen LogP contribution in [0.15, 0.2) is 29.3 Å². The summed E-state index contributed by atoms with van der Waals surface area (Å²) < 4.78 is 4.76. The minimum Gasteiger partial charge on any atom is -0.465 e. The van der Waals surface area contributed by atoms with Gasteiger partial charge in [0, 0.05) is 6.21 Å². The molecule has 0 unspecified atom stereocenters. The van der Waals surface area contributed by atoms with Gasteiger partial charge in [-0.25, -0.2) is 4.79 Å². The van der Waals surface area contributed by atoms with Gasteiger partial charge in [-0.3, -0.25) is 4.99 Å². The Morgan fingerprint density at radius 3 is 2.60 bits per heavy atom. The Kier molecular flexibility index (Phi) is 5.93. The smallest absolute Gasteiger partial charge is 0.340 e. The van der Waals surface area contributed by atoms with Gasteiger partial charge >= 0.3 is 5.97 Å². The molecule has 0 radical (unpaired) electrons. The third kappa shape index (κ3) is 5.55. The van der Waals surface area contributed by atoms with Crippen LogP contribution in [-0.4, -0.2) is 19.3 Å². The van der Waals surface area contributed by atoms with Gasteiger partial charge in [0.05, 0.1) is 18.4 Å². The summed E-state index contributed by atoms with van der Waals surface area (Å²) in [5.41, 5.74) is 1.51. The standard InChI is InChI=1S/C17H25NO2/c1-13(12-17(2,3)4)10-11-18-15-9-7-6-8-14(15)16(19)20-5/h6-9,11,13H,10,12H2,1-5H3/t13-/m1/s1. The van der Waals surface area contributed by atoms with Gasteiger partial charge in [0.25, 0.3) is 0 Å². The lowest BCUT2D eigenvalue weighted by molar-refractivity contribution is 0.0601. The summed E-state index contributed by atoms with van der Waals surface area (Å²) in [6.45, 7) is 8.96. The fourth-order valence-electron chi connectivity index (χ4n) is 2.33. The summed E-state index contributed by atoms with van der Waals surface area (Å²) in [5, 5.41) is 0. The highest BCUT2D eigenvalue weighted by Crippen LogP contribution is 2.26. The Balaban J connectivity index is 2.69. The van der Waals surface area contributed by atoms with Crippen molar-refractivity contribution in [3.8, 4) is 0 Å². The first-order chi connectivity index (χ1) is 9.33. The fraction of sp³-hybridized carbons (Fsp3) is 0.529. The number of carbonyl (C=O) groups is 1. The zero-order valence-electron chi connectivity index (χ0n) is 13.1. The monoisotopic (exact) mass is 275 g/mol. The second kappa shape index (κ2) is 7.22. The summed E-state index contributed by atoms with van der Waals surface area (Å²) in [6.07, 6.45) is 3.96. The lowest BCUT2D eigenvalue weighted by Crippen LogP contribution is -2.11. The minimum absolute atomic E-state index is 0.331. The summed E-state index contributed by atoms with van der Waals surface area (Å²) in [5.74, 6) is 0.226. The molecule has 1 rings (SSSR count). The molecular weight excluding hydrogens is 250 g/mol. The number of benzene rings is 1. The average Bonchev–Trinajstić information content (AvgIpc) is 2.36. The van der Waals surface area contributed by atoms with Crippen LogP contribution in [0.4, 0.5) is 5.69 Å². The maximum absolute atomic E-state index is 11.6. The first kappa shape index (κ1) is 16.4. The molecule has 3 heteroatoms. The van der Waals surface area contributed by atoms with Crippen LogP contribution in [0.5, 0.6) is 0 Å². The predicted molar refractivity (Wildman–Crippen MR) is 83.8 cm³/mol. The SMILES string of the molecule is COC(=O)c1ccccc1N=CC[C@@H](C)CC(C)(C)C. The van der Waals surface area contributed by atoms with E-state index in [0.717, 1.165) is 12.8 Å². The number of ether oxygens (including phenoxy) is 1. The van der Waals surface area contributed by atoms with Gasteiger partial charge in [-0.1, -0.05) is 39.8 Å². The van der Waals surface area contributed by atoms with E-state index in [1.54, 1.807) is 6.07 Å². The number of esters is 1. The van der Waals surface area contributed by atoms with Gasteiger partial charge in [-0.05, 0) is 36.3 Å². The molecule has 3 nitrogen and oxygen atoms in total. The van der Waals surface area contributed by atoms with E-state index in [-0.39, 0.29) is 5.97 Å². The van der Waals surface area contributed by atoms with Crippen LogP contribution in [0.1, 0.15) is 50.9 Å². The third-order valence-corrected chi connectivity index (χ3v) is 3.01. The van der Waals surface area contributed by atoms with E-state index < -0.39 is 0 Å². The normalized spacial score (nSPS) is 13.4. The summed E-state index contributed by atoms with van der Waals surface area (Å²) in [6, 6.07) is 7.25. The summed E-state index contributed by atoms with van der Waals surface area (Å²) >= 11 is 0. The molecule has 1 atom stereocenters. The topological polar surface area (TPSA) is 38.7 Å². The van der Waals surface area contributed by atoms with Crippen molar-refractivity contribution < 1.29 is 9.53 Å². The molecule has 0 amide bonds. The fourth-order valence-corrected chi connectivity index (χ4v) is 2.33. The van der Waals surface area contributed by atoms with E-state index in [1.165, 1.54) is 7.11 Å². The number of aliphatic imine (C=N–C) groups is 1. The van der Waals surface area contributed by atoms with Gasteiger partial charge in [0.1, 0.15) is 0 Å². The van der Waals surface area contributed by atoms with E-state index in [9.17, 15) is 4.79 Å².